The number of rotatable bonds is 6. The number of thioether (sulfide) groups is 2. The third-order valence-electron chi connectivity index (χ3n) is 1.77. The van der Waals surface area contributed by atoms with E-state index in [4.69, 9.17) is 0 Å². The van der Waals surface area contributed by atoms with Gasteiger partial charge in [0.15, 0.2) is 0 Å². The SMILES string of the molecule is C=CCC(CC)(SC)SCC. The minimum atomic E-state index is 0.399. The Morgan fingerprint density at radius 3 is 2.36 bits per heavy atom. The molecule has 0 saturated heterocycles. The lowest BCUT2D eigenvalue weighted by Crippen LogP contribution is -2.17. The van der Waals surface area contributed by atoms with Crippen LogP contribution in [0.15, 0.2) is 12.7 Å². The molecule has 11 heavy (non-hydrogen) atoms. The topological polar surface area (TPSA) is 0 Å². The van der Waals surface area contributed by atoms with Crippen molar-refractivity contribution in [3.05, 3.63) is 12.7 Å². The predicted octanol–water partition coefficient (Wildman–Crippen LogP) is 3.78. The molecule has 0 bridgehead atoms. The second kappa shape index (κ2) is 6.01. The Labute approximate surface area is 79.2 Å². The van der Waals surface area contributed by atoms with Gasteiger partial charge in [0.2, 0.25) is 0 Å². The molecule has 0 rings (SSSR count). The van der Waals surface area contributed by atoms with Gasteiger partial charge in [0.05, 0.1) is 4.08 Å². The summed E-state index contributed by atoms with van der Waals surface area (Å²) in [5, 5.41) is 0. The third kappa shape index (κ3) is 3.57. The molecular formula is C9H18S2. The zero-order chi connectivity index (χ0) is 8.74. The van der Waals surface area contributed by atoms with E-state index in [1.165, 1.54) is 12.2 Å². The van der Waals surface area contributed by atoms with Gasteiger partial charge in [-0.2, -0.15) is 0 Å². The van der Waals surface area contributed by atoms with Crippen molar-refractivity contribution < 1.29 is 0 Å². The Hall–Kier alpha value is 0.440. The molecule has 0 aliphatic rings. The summed E-state index contributed by atoms with van der Waals surface area (Å²) in [7, 11) is 0. The molecule has 0 aromatic rings. The highest BCUT2D eigenvalue weighted by molar-refractivity contribution is 8.17. The number of hydrogen-bond acceptors (Lipinski definition) is 2. The van der Waals surface area contributed by atoms with E-state index in [9.17, 15) is 0 Å². The van der Waals surface area contributed by atoms with Gasteiger partial charge in [0, 0.05) is 0 Å². The lowest BCUT2D eigenvalue weighted by Gasteiger charge is -2.28. The standard InChI is InChI=1S/C9H18S2/c1-5-8-9(6-2,10-4)11-7-3/h5H,1,6-8H2,2-4H3. The minimum absolute atomic E-state index is 0.399. The second-order valence-electron chi connectivity index (χ2n) is 2.39. The molecule has 1 atom stereocenters. The molecule has 1 unspecified atom stereocenters. The van der Waals surface area contributed by atoms with Gasteiger partial charge in [-0.25, -0.2) is 0 Å². The zero-order valence-corrected chi connectivity index (χ0v) is 9.36. The Morgan fingerprint density at radius 1 is 1.45 bits per heavy atom. The molecule has 0 aromatic carbocycles. The van der Waals surface area contributed by atoms with Crippen molar-refractivity contribution in [1.29, 1.82) is 0 Å². The Bertz CT molecular complexity index is 106. The van der Waals surface area contributed by atoms with E-state index in [-0.39, 0.29) is 0 Å². The van der Waals surface area contributed by atoms with Crippen molar-refractivity contribution in [2.24, 2.45) is 0 Å². The van der Waals surface area contributed by atoms with Crippen molar-refractivity contribution in [1.82, 2.24) is 0 Å². The molecule has 0 radical (unpaired) electrons. The van der Waals surface area contributed by atoms with Crippen LogP contribution in [0.25, 0.3) is 0 Å². The molecule has 0 aromatic heterocycles. The molecule has 0 nitrogen and oxygen atoms in total. The van der Waals surface area contributed by atoms with Crippen molar-refractivity contribution in [2.45, 2.75) is 30.8 Å². The summed E-state index contributed by atoms with van der Waals surface area (Å²) in [6.07, 6.45) is 6.56. The van der Waals surface area contributed by atoms with E-state index >= 15 is 0 Å². The fraction of sp³-hybridized carbons (Fsp3) is 0.778. The second-order valence-corrected chi connectivity index (χ2v) is 5.49. The van der Waals surface area contributed by atoms with Gasteiger partial charge in [-0.15, -0.1) is 30.1 Å². The van der Waals surface area contributed by atoms with E-state index < -0.39 is 0 Å². The van der Waals surface area contributed by atoms with Gasteiger partial charge in [0.25, 0.3) is 0 Å². The average Bonchev–Trinajstić information content (AvgIpc) is 2.04. The summed E-state index contributed by atoms with van der Waals surface area (Å²) in [6.45, 7) is 8.27. The maximum absolute atomic E-state index is 3.80. The van der Waals surface area contributed by atoms with Crippen molar-refractivity contribution >= 4 is 23.5 Å². The minimum Gasteiger partial charge on any atom is -0.147 e. The van der Waals surface area contributed by atoms with E-state index in [2.05, 4.69) is 26.7 Å². The smallest absolute Gasteiger partial charge is 0.0639 e. The molecule has 0 heterocycles. The van der Waals surface area contributed by atoms with Gasteiger partial charge in [-0.3, -0.25) is 0 Å². The van der Waals surface area contributed by atoms with Crippen molar-refractivity contribution in [3.63, 3.8) is 0 Å². The number of hydrogen-bond donors (Lipinski definition) is 0. The van der Waals surface area contributed by atoms with Gasteiger partial charge in [-0.05, 0) is 24.9 Å². The largest absolute Gasteiger partial charge is 0.147 e. The van der Waals surface area contributed by atoms with E-state index in [1.54, 1.807) is 0 Å². The van der Waals surface area contributed by atoms with Crippen LogP contribution < -0.4 is 0 Å². The highest BCUT2D eigenvalue weighted by Crippen LogP contribution is 2.41. The number of allylic oxidation sites excluding steroid dienone is 1. The van der Waals surface area contributed by atoms with E-state index in [0.29, 0.717) is 4.08 Å². The monoisotopic (exact) mass is 190 g/mol. The molecule has 0 fully saturated rings. The predicted molar refractivity (Wildman–Crippen MR) is 59.5 cm³/mol. The first-order valence-corrected chi connectivity index (χ1v) is 6.25. The maximum Gasteiger partial charge on any atom is 0.0639 e. The summed E-state index contributed by atoms with van der Waals surface area (Å²) in [5.74, 6) is 1.20. The Balaban J connectivity index is 4.06. The molecule has 2 heteroatoms. The maximum atomic E-state index is 3.80. The van der Waals surface area contributed by atoms with Gasteiger partial charge < -0.3 is 0 Å². The van der Waals surface area contributed by atoms with E-state index in [0.717, 1.165) is 6.42 Å². The fourth-order valence-corrected chi connectivity index (χ4v) is 3.44. The van der Waals surface area contributed by atoms with Crippen LogP contribution in [0.1, 0.15) is 26.7 Å². The molecule has 0 N–H and O–H groups in total. The van der Waals surface area contributed by atoms with Crippen LogP contribution >= 0.6 is 23.5 Å². The first-order valence-electron chi connectivity index (χ1n) is 4.04. The van der Waals surface area contributed by atoms with Crippen molar-refractivity contribution in [3.8, 4) is 0 Å². The Morgan fingerprint density at radius 2 is 2.09 bits per heavy atom. The molecule has 0 saturated carbocycles. The van der Waals surface area contributed by atoms with Crippen LogP contribution in [-0.4, -0.2) is 16.1 Å². The fourth-order valence-electron chi connectivity index (χ4n) is 1.07. The van der Waals surface area contributed by atoms with Crippen LogP contribution in [0.3, 0.4) is 0 Å². The van der Waals surface area contributed by atoms with Crippen LogP contribution in [-0.2, 0) is 0 Å². The summed E-state index contributed by atoms with van der Waals surface area (Å²) in [4.78, 5) is 0. The lowest BCUT2D eigenvalue weighted by atomic mass is 10.2. The molecule has 66 valence electrons. The average molecular weight is 190 g/mol. The summed E-state index contributed by atoms with van der Waals surface area (Å²) < 4.78 is 0.399. The zero-order valence-electron chi connectivity index (χ0n) is 7.72. The van der Waals surface area contributed by atoms with Gasteiger partial charge in [-0.1, -0.05) is 19.9 Å². The first kappa shape index (κ1) is 11.4. The molecule has 0 aliphatic carbocycles. The van der Waals surface area contributed by atoms with Crippen LogP contribution in [0.5, 0.6) is 0 Å². The normalized spacial score (nSPS) is 15.9. The van der Waals surface area contributed by atoms with Crippen LogP contribution in [0.4, 0.5) is 0 Å². The molecule has 0 aliphatic heterocycles. The molecule has 0 amide bonds. The summed E-state index contributed by atoms with van der Waals surface area (Å²) >= 11 is 4.00. The highest BCUT2D eigenvalue weighted by atomic mass is 32.2. The first-order chi connectivity index (χ1) is 5.24. The van der Waals surface area contributed by atoms with Crippen molar-refractivity contribution in [2.75, 3.05) is 12.0 Å². The van der Waals surface area contributed by atoms with E-state index in [1.807, 2.05) is 29.6 Å². The Kier molecular flexibility index (Phi) is 6.25. The lowest BCUT2D eigenvalue weighted by molar-refractivity contribution is 0.782. The molecule has 0 spiro atoms. The van der Waals surface area contributed by atoms with Gasteiger partial charge >= 0.3 is 0 Å². The quantitative estimate of drug-likeness (QED) is 0.462. The highest BCUT2D eigenvalue weighted by Gasteiger charge is 2.24. The van der Waals surface area contributed by atoms with Gasteiger partial charge in [0.1, 0.15) is 0 Å². The van der Waals surface area contributed by atoms with Crippen LogP contribution in [0, 0.1) is 0 Å². The summed E-state index contributed by atoms with van der Waals surface area (Å²) in [6, 6.07) is 0. The molecular weight excluding hydrogens is 172 g/mol. The third-order valence-corrected chi connectivity index (χ3v) is 5.10. The summed E-state index contributed by atoms with van der Waals surface area (Å²) in [5.41, 5.74) is 0. The van der Waals surface area contributed by atoms with Crippen LogP contribution in [0.2, 0.25) is 0 Å².